The van der Waals surface area contributed by atoms with Crippen molar-refractivity contribution in [2.45, 2.75) is 38.6 Å². The zero-order valence-electron chi connectivity index (χ0n) is 13.3. The average Bonchev–Trinajstić information content (AvgIpc) is 2.96. The minimum Gasteiger partial charge on any atom is -0.454 e. The van der Waals surface area contributed by atoms with Crippen molar-refractivity contribution in [1.82, 2.24) is 4.90 Å². The normalized spacial score (nSPS) is 17.9. The largest absolute Gasteiger partial charge is 0.454 e. The van der Waals surface area contributed by atoms with E-state index in [0.29, 0.717) is 6.79 Å². The number of benzene rings is 1. The van der Waals surface area contributed by atoms with Gasteiger partial charge in [-0.2, -0.15) is 0 Å². The van der Waals surface area contributed by atoms with Crippen LogP contribution in [0.25, 0.3) is 0 Å². The summed E-state index contributed by atoms with van der Waals surface area (Å²) >= 11 is 0. The average molecular weight is 324 g/mol. The van der Waals surface area contributed by atoms with Crippen LogP contribution in [0.4, 0.5) is 0 Å². The zero-order chi connectivity index (χ0) is 14.5. The number of hydrogen-bond acceptors (Lipinski definition) is 3. The van der Waals surface area contributed by atoms with Gasteiger partial charge in [0.1, 0.15) is 0 Å². The van der Waals surface area contributed by atoms with E-state index in [1.807, 2.05) is 6.07 Å². The van der Waals surface area contributed by atoms with Crippen LogP contribution in [0.5, 0.6) is 11.5 Å². The summed E-state index contributed by atoms with van der Waals surface area (Å²) in [6.07, 6.45) is 11.8. The van der Waals surface area contributed by atoms with E-state index in [4.69, 9.17) is 9.47 Å². The van der Waals surface area contributed by atoms with E-state index in [9.17, 15) is 0 Å². The van der Waals surface area contributed by atoms with Gasteiger partial charge in [-0.15, -0.1) is 12.4 Å². The van der Waals surface area contributed by atoms with Gasteiger partial charge in [-0.3, -0.25) is 4.90 Å². The Morgan fingerprint density at radius 1 is 1.14 bits per heavy atom. The Morgan fingerprint density at radius 2 is 1.91 bits per heavy atom. The smallest absolute Gasteiger partial charge is 0.231 e. The van der Waals surface area contributed by atoms with Crippen LogP contribution in [-0.4, -0.2) is 25.3 Å². The molecule has 3 rings (SSSR count). The van der Waals surface area contributed by atoms with Gasteiger partial charge in [0, 0.05) is 13.1 Å². The van der Waals surface area contributed by atoms with E-state index in [2.05, 4.69) is 36.2 Å². The molecule has 1 aromatic carbocycles. The molecule has 1 aliphatic carbocycles. The molecule has 0 unspecified atom stereocenters. The molecule has 2 aliphatic rings. The molecule has 0 radical (unpaired) electrons. The van der Waals surface area contributed by atoms with Crippen LogP contribution in [0.1, 0.15) is 37.7 Å². The van der Waals surface area contributed by atoms with Crippen molar-refractivity contribution in [3.63, 3.8) is 0 Å². The molecule has 1 heterocycles. The number of fused-ring (bicyclic) bond motifs is 1. The molecule has 3 nitrogen and oxygen atoms in total. The number of likely N-dealkylation sites (N-methyl/N-ethyl adjacent to an activating group) is 1. The van der Waals surface area contributed by atoms with Gasteiger partial charge in [-0.25, -0.2) is 0 Å². The van der Waals surface area contributed by atoms with Gasteiger partial charge < -0.3 is 9.47 Å². The predicted molar refractivity (Wildman–Crippen MR) is 91.9 cm³/mol. The van der Waals surface area contributed by atoms with Crippen LogP contribution in [-0.2, 0) is 6.54 Å². The standard InChI is InChI=1S/C18H25NO2.ClH/c1-19(11-5-8-15-6-3-2-4-7-15)13-16-9-10-17-18(12-16)21-14-20-17;/h5,8-10,12,15H,2-4,6-7,11,13-14H2,1H3;1H/b8-5+;. The Labute approximate surface area is 139 Å². The van der Waals surface area contributed by atoms with E-state index < -0.39 is 0 Å². The molecule has 1 saturated carbocycles. The predicted octanol–water partition coefficient (Wildman–Crippen LogP) is 4.41. The fourth-order valence-electron chi connectivity index (χ4n) is 3.18. The van der Waals surface area contributed by atoms with E-state index in [1.54, 1.807) is 0 Å². The number of nitrogens with zero attached hydrogens (tertiary/aromatic N) is 1. The summed E-state index contributed by atoms with van der Waals surface area (Å²) in [6.45, 7) is 2.29. The van der Waals surface area contributed by atoms with Crippen molar-refractivity contribution in [2.24, 2.45) is 5.92 Å². The van der Waals surface area contributed by atoms with Crippen LogP contribution < -0.4 is 9.47 Å². The van der Waals surface area contributed by atoms with E-state index in [1.165, 1.54) is 37.7 Å². The molecule has 0 bridgehead atoms. The van der Waals surface area contributed by atoms with Crippen molar-refractivity contribution in [3.05, 3.63) is 35.9 Å². The lowest BCUT2D eigenvalue weighted by molar-refractivity contribution is 0.174. The van der Waals surface area contributed by atoms with Crippen LogP contribution in [0, 0.1) is 5.92 Å². The number of halogens is 1. The Morgan fingerprint density at radius 3 is 2.73 bits per heavy atom. The second-order valence-electron chi connectivity index (χ2n) is 6.21. The highest BCUT2D eigenvalue weighted by atomic mass is 35.5. The molecule has 1 aromatic rings. The van der Waals surface area contributed by atoms with Crippen molar-refractivity contribution in [1.29, 1.82) is 0 Å². The third kappa shape index (κ3) is 4.65. The first kappa shape index (κ1) is 17.2. The van der Waals surface area contributed by atoms with Crippen molar-refractivity contribution < 1.29 is 9.47 Å². The lowest BCUT2D eigenvalue weighted by atomic mass is 9.89. The quantitative estimate of drug-likeness (QED) is 0.749. The number of allylic oxidation sites excluding steroid dienone is 1. The summed E-state index contributed by atoms with van der Waals surface area (Å²) in [5, 5.41) is 0. The Balaban J connectivity index is 0.00000176. The molecule has 1 fully saturated rings. The summed E-state index contributed by atoms with van der Waals surface area (Å²) in [4.78, 5) is 2.33. The lowest BCUT2D eigenvalue weighted by Gasteiger charge is -2.19. The van der Waals surface area contributed by atoms with Crippen molar-refractivity contribution in [3.8, 4) is 11.5 Å². The van der Waals surface area contributed by atoms with Gasteiger partial charge in [-0.05, 0) is 43.5 Å². The lowest BCUT2D eigenvalue weighted by Crippen LogP contribution is -2.17. The second-order valence-corrected chi connectivity index (χ2v) is 6.21. The van der Waals surface area contributed by atoms with Gasteiger partial charge in [-0.1, -0.05) is 37.5 Å². The summed E-state index contributed by atoms with van der Waals surface area (Å²) in [5.41, 5.74) is 1.27. The highest BCUT2D eigenvalue weighted by molar-refractivity contribution is 5.85. The van der Waals surface area contributed by atoms with Crippen LogP contribution >= 0.6 is 12.4 Å². The number of ether oxygens (including phenoxy) is 2. The molecule has 4 heteroatoms. The first-order valence-corrected chi connectivity index (χ1v) is 8.05. The second kappa shape index (κ2) is 8.44. The molecule has 1 aliphatic heterocycles. The summed E-state index contributed by atoms with van der Waals surface area (Å²) in [5.74, 6) is 2.55. The van der Waals surface area contributed by atoms with Gasteiger partial charge >= 0.3 is 0 Å². The molecule has 0 atom stereocenters. The van der Waals surface area contributed by atoms with Gasteiger partial charge in [0.25, 0.3) is 0 Å². The third-order valence-electron chi connectivity index (χ3n) is 4.36. The number of hydrogen-bond donors (Lipinski definition) is 0. The maximum atomic E-state index is 5.43. The van der Waals surface area contributed by atoms with Gasteiger partial charge in [0.2, 0.25) is 6.79 Å². The van der Waals surface area contributed by atoms with Crippen LogP contribution in [0.2, 0.25) is 0 Å². The monoisotopic (exact) mass is 323 g/mol. The summed E-state index contributed by atoms with van der Waals surface area (Å²) < 4.78 is 10.8. The van der Waals surface area contributed by atoms with E-state index in [0.717, 1.165) is 30.5 Å². The highest BCUT2D eigenvalue weighted by Crippen LogP contribution is 2.32. The van der Waals surface area contributed by atoms with Gasteiger partial charge in [0.05, 0.1) is 0 Å². The first-order chi connectivity index (χ1) is 10.3. The van der Waals surface area contributed by atoms with Crippen LogP contribution in [0.15, 0.2) is 30.4 Å². The summed E-state index contributed by atoms with van der Waals surface area (Å²) in [6, 6.07) is 6.21. The minimum absolute atomic E-state index is 0. The van der Waals surface area contributed by atoms with E-state index >= 15 is 0 Å². The Kier molecular flexibility index (Phi) is 6.59. The fourth-order valence-corrected chi connectivity index (χ4v) is 3.18. The Hall–Kier alpha value is -1.19. The zero-order valence-corrected chi connectivity index (χ0v) is 14.1. The SMILES string of the molecule is CN(C/C=C/C1CCCCC1)Cc1ccc2c(c1)OCO2.Cl. The summed E-state index contributed by atoms with van der Waals surface area (Å²) in [7, 11) is 2.16. The molecule has 0 saturated heterocycles. The maximum absolute atomic E-state index is 5.43. The fraction of sp³-hybridized carbons (Fsp3) is 0.556. The molecule has 0 aromatic heterocycles. The van der Waals surface area contributed by atoms with Crippen molar-refractivity contribution >= 4 is 12.4 Å². The van der Waals surface area contributed by atoms with E-state index in [-0.39, 0.29) is 12.4 Å². The Bertz CT molecular complexity index is 498. The third-order valence-corrected chi connectivity index (χ3v) is 4.36. The molecular weight excluding hydrogens is 298 g/mol. The van der Waals surface area contributed by atoms with Crippen molar-refractivity contribution in [2.75, 3.05) is 20.4 Å². The first-order valence-electron chi connectivity index (χ1n) is 8.05. The minimum atomic E-state index is 0. The molecule has 0 spiro atoms. The molecule has 0 N–H and O–H groups in total. The van der Waals surface area contributed by atoms with Gasteiger partial charge in [0.15, 0.2) is 11.5 Å². The molecule has 122 valence electrons. The molecule has 22 heavy (non-hydrogen) atoms. The highest BCUT2D eigenvalue weighted by Gasteiger charge is 2.13. The number of rotatable bonds is 5. The molecular formula is C18H26ClNO2. The molecule has 0 amide bonds. The van der Waals surface area contributed by atoms with Crippen LogP contribution in [0.3, 0.4) is 0 Å². The maximum Gasteiger partial charge on any atom is 0.231 e. The topological polar surface area (TPSA) is 21.7 Å².